The zero-order chi connectivity index (χ0) is 14.7. The molecule has 0 radical (unpaired) electrons. The zero-order valence-corrected chi connectivity index (χ0v) is 11.1. The van der Waals surface area contributed by atoms with E-state index in [-0.39, 0.29) is 11.6 Å². The van der Waals surface area contributed by atoms with Gasteiger partial charge in [0.25, 0.3) is 11.6 Å². The first-order valence-corrected chi connectivity index (χ1v) is 6.42. The molecule has 108 valence electrons. The van der Waals surface area contributed by atoms with Gasteiger partial charge in [-0.05, 0) is 31.5 Å². The first-order chi connectivity index (χ1) is 9.50. The maximum atomic E-state index is 13.1. The standard InChI is InChI=1S/C13H16FN3O3/c1-16(10-3-2-6-15-8-10)13(18)11-5-4-9(14)7-12(11)17(19)20/h4-5,7,10,15H,2-3,6,8H2,1H3. The SMILES string of the molecule is CN(C(=O)c1ccc(F)cc1[N+](=O)[O-])C1CCCNC1. The molecule has 1 saturated heterocycles. The van der Waals surface area contributed by atoms with Gasteiger partial charge in [-0.1, -0.05) is 0 Å². The number of hydrogen-bond donors (Lipinski definition) is 1. The summed E-state index contributed by atoms with van der Waals surface area (Å²) in [5, 5.41) is 14.1. The van der Waals surface area contributed by atoms with Gasteiger partial charge in [0.15, 0.2) is 0 Å². The van der Waals surface area contributed by atoms with E-state index in [4.69, 9.17) is 0 Å². The van der Waals surface area contributed by atoms with Gasteiger partial charge in [0.1, 0.15) is 11.4 Å². The summed E-state index contributed by atoms with van der Waals surface area (Å²) in [4.78, 5) is 24.0. The van der Waals surface area contributed by atoms with Crippen molar-refractivity contribution in [1.82, 2.24) is 10.2 Å². The lowest BCUT2D eigenvalue weighted by atomic mass is 10.0. The van der Waals surface area contributed by atoms with Crippen LogP contribution in [0.2, 0.25) is 0 Å². The minimum Gasteiger partial charge on any atom is -0.337 e. The molecule has 1 aromatic carbocycles. The smallest absolute Gasteiger partial charge is 0.285 e. The quantitative estimate of drug-likeness (QED) is 0.674. The Morgan fingerprint density at radius 3 is 2.90 bits per heavy atom. The third-order valence-electron chi connectivity index (χ3n) is 3.53. The van der Waals surface area contributed by atoms with E-state index in [9.17, 15) is 19.3 Å². The third-order valence-corrected chi connectivity index (χ3v) is 3.53. The predicted octanol–water partition coefficient (Wildman–Crippen LogP) is 1.56. The number of benzene rings is 1. The molecule has 1 fully saturated rings. The number of nitro groups is 1. The third kappa shape index (κ3) is 2.93. The second kappa shape index (κ2) is 5.96. The van der Waals surface area contributed by atoms with Crippen molar-refractivity contribution < 1.29 is 14.1 Å². The lowest BCUT2D eigenvalue weighted by Crippen LogP contribution is -2.46. The van der Waals surface area contributed by atoms with E-state index in [2.05, 4.69) is 5.32 Å². The number of nitrogens with zero attached hydrogens (tertiary/aromatic N) is 2. The van der Waals surface area contributed by atoms with E-state index >= 15 is 0 Å². The van der Waals surface area contributed by atoms with Gasteiger partial charge in [0.05, 0.1) is 11.0 Å². The van der Waals surface area contributed by atoms with Crippen molar-refractivity contribution in [3.8, 4) is 0 Å². The molecule has 0 aliphatic carbocycles. The Balaban J connectivity index is 2.26. The van der Waals surface area contributed by atoms with Gasteiger partial charge < -0.3 is 10.2 Å². The van der Waals surface area contributed by atoms with Crippen LogP contribution in [0.5, 0.6) is 0 Å². The summed E-state index contributed by atoms with van der Waals surface area (Å²) in [5.74, 6) is -1.18. The summed E-state index contributed by atoms with van der Waals surface area (Å²) in [5.41, 5.74) is -0.574. The number of amides is 1. The highest BCUT2D eigenvalue weighted by molar-refractivity contribution is 5.98. The van der Waals surface area contributed by atoms with Gasteiger partial charge in [-0.2, -0.15) is 0 Å². The van der Waals surface area contributed by atoms with Crippen LogP contribution in [0, 0.1) is 15.9 Å². The van der Waals surface area contributed by atoms with Crippen LogP contribution in [-0.2, 0) is 0 Å². The van der Waals surface area contributed by atoms with E-state index < -0.39 is 22.3 Å². The summed E-state index contributed by atoms with van der Waals surface area (Å²) in [7, 11) is 1.62. The molecule has 1 heterocycles. The first-order valence-electron chi connectivity index (χ1n) is 6.42. The molecule has 6 nitrogen and oxygen atoms in total. The van der Waals surface area contributed by atoms with Crippen LogP contribution < -0.4 is 5.32 Å². The second-order valence-electron chi connectivity index (χ2n) is 4.83. The molecule has 1 unspecified atom stereocenters. The van der Waals surface area contributed by atoms with E-state index in [0.29, 0.717) is 6.54 Å². The number of hydrogen-bond acceptors (Lipinski definition) is 4. The van der Waals surface area contributed by atoms with Crippen molar-refractivity contribution in [2.24, 2.45) is 0 Å². The molecule has 0 bridgehead atoms. The van der Waals surface area contributed by atoms with Gasteiger partial charge in [0.2, 0.25) is 0 Å². The predicted molar refractivity (Wildman–Crippen MR) is 71.0 cm³/mol. The van der Waals surface area contributed by atoms with Gasteiger partial charge in [-0.3, -0.25) is 14.9 Å². The Kier molecular flexibility index (Phi) is 4.29. The maximum Gasteiger partial charge on any atom is 0.285 e. The molecular weight excluding hydrogens is 265 g/mol. The van der Waals surface area contributed by atoms with Crippen LogP contribution in [0.4, 0.5) is 10.1 Å². The Bertz CT molecular complexity index is 530. The lowest BCUT2D eigenvalue weighted by Gasteiger charge is -2.31. The van der Waals surface area contributed by atoms with Crippen molar-refractivity contribution in [2.45, 2.75) is 18.9 Å². The van der Waals surface area contributed by atoms with Crippen molar-refractivity contribution in [2.75, 3.05) is 20.1 Å². The monoisotopic (exact) mass is 281 g/mol. The average molecular weight is 281 g/mol. The molecule has 1 atom stereocenters. The number of likely N-dealkylation sites (N-methyl/N-ethyl adjacent to an activating group) is 1. The molecule has 1 amide bonds. The maximum absolute atomic E-state index is 13.1. The zero-order valence-electron chi connectivity index (χ0n) is 11.1. The molecule has 0 spiro atoms. The highest BCUT2D eigenvalue weighted by atomic mass is 19.1. The largest absolute Gasteiger partial charge is 0.337 e. The minimum atomic E-state index is -0.733. The molecule has 20 heavy (non-hydrogen) atoms. The van der Waals surface area contributed by atoms with E-state index in [1.54, 1.807) is 7.05 Å². The van der Waals surface area contributed by atoms with Crippen LogP contribution in [0.25, 0.3) is 0 Å². The summed E-state index contributed by atoms with van der Waals surface area (Å²) < 4.78 is 13.1. The van der Waals surface area contributed by atoms with Gasteiger partial charge in [0, 0.05) is 19.6 Å². The Hall–Kier alpha value is -2.02. The summed E-state index contributed by atoms with van der Waals surface area (Å²) in [6, 6.07) is 3.01. The van der Waals surface area contributed by atoms with Crippen molar-refractivity contribution in [1.29, 1.82) is 0 Å². The van der Waals surface area contributed by atoms with Crippen molar-refractivity contribution >= 4 is 11.6 Å². The molecule has 7 heteroatoms. The molecule has 1 N–H and O–H groups in total. The molecule has 0 aromatic heterocycles. The number of halogens is 1. The van der Waals surface area contributed by atoms with Crippen molar-refractivity contribution in [3.63, 3.8) is 0 Å². The molecule has 0 saturated carbocycles. The summed E-state index contributed by atoms with van der Waals surface area (Å²) in [6.45, 7) is 1.58. The van der Waals surface area contributed by atoms with Gasteiger partial charge in [-0.25, -0.2) is 4.39 Å². The fourth-order valence-electron chi connectivity index (χ4n) is 2.36. The molecule has 1 aliphatic rings. The lowest BCUT2D eigenvalue weighted by molar-refractivity contribution is -0.385. The summed E-state index contributed by atoms with van der Waals surface area (Å²) in [6.07, 6.45) is 1.80. The second-order valence-corrected chi connectivity index (χ2v) is 4.83. The number of nitrogens with one attached hydrogen (secondary N) is 1. The van der Waals surface area contributed by atoms with E-state index in [1.165, 1.54) is 11.0 Å². The number of carbonyl (C=O) groups is 1. The topological polar surface area (TPSA) is 75.5 Å². The first kappa shape index (κ1) is 14.4. The number of piperidine rings is 1. The Labute approximate surface area is 115 Å². The fourth-order valence-corrected chi connectivity index (χ4v) is 2.36. The fraction of sp³-hybridized carbons (Fsp3) is 0.462. The van der Waals surface area contributed by atoms with Crippen LogP contribution in [-0.4, -0.2) is 41.9 Å². The Morgan fingerprint density at radius 2 is 2.30 bits per heavy atom. The molecule has 1 aromatic rings. The summed E-state index contributed by atoms with van der Waals surface area (Å²) >= 11 is 0. The normalized spacial score (nSPS) is 18.6. The Morgan fingerprint density at radius 1 is 1.55 bits per heavy atom. The number of carbonyl (C=O) groups excluding carboxylic acids is 1. The minimum absolute atomic E-state index is 0.000840. The van der Waals surface area contributed by atoms with E-state index in [1.807, 2.05) is 0 Å². The average Bonchev–Trinajstić information content (AvgIpc) is 2.46. The highest BCUT2D eigenvalue weighted by Crippen LogP contribution is 2.22. The van der Waals surface area contributed by atoms with E-state index in [0.717, 1.165) is 31.5 Å². The van der Waals surface area contributed by atoms with Crippen LogP contribution in [0.1, 0.15) is 23.2 Å². The van der Waals surface area contributed by atoms with Crippen LogP contribution in [0.15, 0.2) is 18.2 Å². The van der Waals surface area contributed by atoms with Crippen LogP contribution >= 0.6 is 0 Å². The molecule has 2 rings (SSSR count). The van der Waals surface area contributed by atoms with Crippen molar-refractivity contribution in [3.05, 3.63) is 39.7 Å². The van der Waals surface area contributed by atoms with Crippen LogP contribution in [0.3, 0.4) is 0 Å². The number of rotatable bonds is 3. The number of nitro benzene ring substituents is 1. The molecule has 1 aliphatic heterocycles. The van der Waals surface area contributed by atoms with Gasteiger partial charge >= 0.3 is 0 Å². The van der Waals surface area contributed by atoms with Gasteiger partial charge in [-0.15, -0.1) is 0 Å². The molecular formula is C13H16FN3O3. The highest BCUT2D eigenvalue weighted by Gasteiger charge is 2.28.